The maximum Gasteiger partial charge on any atom is 0.360 e. The molecule has 0 aliphatic rings. The molecule has 0 radical (unpaired) electrons. The second-order valence-electron chi connectivity index (χ2n) is 3.12. The Labute approximate surface area is 97.3 Å². The summed E-state index contributed by atoms with van der Waals surface area (Å²) in [6.45, 7) is 1.98. The molecule has 0 spiro atoms. The summed E-state index contributed by atoms with van der Waals surface area (Å²) in [6, 6.07) is 1.68. The first-order valence-corrected chi connectivity index (χ1v) is 5.01. The minimum Gasteiger partial charge on any atom is -0.461 e. The van der Waals surface area contributed by atoms with Crippen molar-refractivity contribution < 1.29 is 9.53 Å². The first-order chi connectivity index (χ1) is 8.24. The van der Waals surface area contributed by atoms with E-state index in [1.807, 2.05) is 0 Å². The summed E-state index contributed by atoms with van der Waals surface area (Å²) >= 11 is 0. The van der Waals surface area contributed by atoms with Gasteiger partial charge in [-0.25, -0.2) is 19.7 Å². The van der Waals surface area contributed by atoms with Gasteiger partial charge < -0.3 is 10.5 Å². The molecule has 0 fully saturated rings. The summed E-state index contributed by atoms with van der Waals surface area (Å²) in [5.41, 5.74) is 5.85. The Kier molecular flexibility index (Phi) is 2.99. The van der Waals surface area contributed by atoms with Crippen LogP contribution >= 0.6 is 0 Å². The van der Waals surface area contributed by atoms with Gasteiger partial charge in [0.15, 0.2) is 5.69 Å². The Balaban J connectivity index is 2.37. The molecule has 0 aliphatic carbocycles. The summed E-state index contributed by atoms with van der Waals surface area (Å²) in [7, 11) is 0. The number of carbonyl (C=O) groups excluding carboxylic acids is 1. The van der Waals surface area contributed by atoms with E-state index in [-0.39, 0.29) is 18.1 Å². The van der Waals surface area contributed by atoms with Crippen LogP contribution in [0, 0.1) is 0 Å². The van der Waals surface area contributed by atoms with Crippen LogP contribution in [0.3, 0.4) is 0 Å². The fourth-order valence-electron chi connectivity index (χ4n) is 1.29. The van der Waals surface area contributed by atoms with Crippen molar-refractivity contribution in [3.05, 3.63) is 30.5 Å². The average molecular weight is 233 g/mol. The highest BCUT2D eigenvalue weighted by Crippen LogP contribution is 2.14. The third kappa shape index (κ3) is 2.07. The van der Waals surface area contributed by atoms with E-state index in [1.165, 1.54) is 10.9 Å². The highest BCUT2D eigenvalue weighted by molar-refractivity contribution is 5.92. The molecule has 2 rings (SSSR count). The van der Waals surface area contributed by atoms with Gasteiger partial charge in [0.1, 0.15) is 12.1 Å². The Morgan fingerprint density at radius 2 is 2.12 bits per heavy atom. The second-order valence-corrected chi connectivity index (χ2v) is 3.12. The smallest absolute Gasteiger partial charge is 0.360 e. The number of esters is 1. The van der Waals surface area contributed by atoms with Crippen LogP contribution in [-0.4, -0.2) is 32.1 Å². The molecule has 2 aromatic heterocycles. The fraction of sp³-hybridized carbons (Fsp3) is 0.200. The standard InChI is InChI=1S/C10H11N5O2/c1-2-17-9(16)7-8(11)15(6-14-7)10-12-4-3-5-13-10/h3-6H,2,11H2,1H3. The summed E-state index contributed by atoms with van der Waals surface area (Å²) in [5.74, 6) is -0.0395. The van der Waals surface area contributed by atoms with E-state index in [2.05, 4.69) is 15.0 Å². The van der Waals surface area contributed by atoms with Gasteiger partial charge in [-0.15, -0.1) is 0 Å². The number of nitrogens with zero attached hydrogens (tertiary/aromatic N) is 4. The lowest BCUT2D eigenvalue weighted by Gasteiger charge is -2.02. The van der Waals surface area contributed by atoms with Gasteiger partial charge in [0, 0.05) is 12.4 Å². The number of nitrogens with two attached hydrogens (primary N) is 1. The molecule has 2 heterocycles. The Morgan fingerprint density at radius 3 is 2.76 bits per heavy atom. The largest absolute Gasteiger partial charge is 0.461 e. The lowest BCUT2D eigenvalue weighted by molar-refractivity contribution is 0.0521. The molecule has 0 aliphatic heterocycles. The first-order valence-electron chi connectivity index (χ1n) is 5.01. The number of rotatable bonds is 3. The van der Waals surface area contributed by atoms with Crippen LogP contribution in [0.15, 0.2) is 24.8 Å². The van der Waals surface area contributed by atoms with Crippen LogP contribution < -0.4 is 5.73 Å². The minimum atomic E-state index is -0.556. The van der Waals surface area contributed by atoms with E-state index < -0.39 is 5.97 Å². The minimum absolute atomic E-state index is 0.0688. The van der Waals surface area contributed by atoms with E-state index in [0.29, 0.717) is 5.95 Å². The number of hydrogen-bond donors (Lipinski definition) is 1. The molecule has 0 bridgehead atoms. The van der Waals surface area contributed by atoms with E-state index in [1.54, 1.807) is 25.4 Å². The zero-order valence-corrected chi connectivity index (χ0v) is 9.20. The van der Waals surface area contributed by atoms with Crippen molar-refractivity contribution in [2.24, 2.45) is 0 Å². The van der Waals surface area contributed by atoms with Crippen LogP contribution in [0.2, 0.25) is 0 Å². The Morgan fingerprint density at radius 1 is 1.41 bits per heavy atom. The first kappa shape index (κ1) is 11.1. The molecule has 7 nitrogen and oxygen atoms in total. The monoisotopic (exact) mass is 233 g/mol. The molecular weight excluding hydrogens is 222 g/mol. The SMILES string of the molecule is CCOC(=O)c1ncn(-c2ncccn2)c1N. The van der Waals surface area contributed by atoms with Gasteiger partial charge in [-0.3, -0.25) is 4.57 Å². The molecular formula is C10H11N5O2. The fourth-order valence-corrected chi connectivity index (χ4v) is 1.29. The van der Waals surface area contributed by atoms with Crippen LogP contribution in [0.4, 0.5) is 5.82 Å². The van der Waals surface area contributed by atoms with Crippen molar-refractivity contribution in [2.45, 2.75) is 6.92 Å². The molecule has 0 amide bonds. The number of imidazole rings is 1. The zero-order valence-electron chi connectivity index (χ0n) is 9.20. The molecule has 0 saturated heterocycles. The van der Waals surface area contributed by atoms with Gasteiger partial charge in [-0.2, -0.15) is 0 Å². The van der Waals surface area contributed by atoms with Crippen LogP contribution in [0.5, 0.6) is 0 Å². The van der Waals surface area contributed by atoms with Crippen molar-refractivity contribution in [3.63, 3.8) is 0 Å². The van der Waals surface area contributed by atoms with Crippen molar-refractivity contribution in [2.75, 3.05) is 12.3 Å². The van der Waals surface area contributed by atoms with Crippen molar-refractivity contribution in [1.82, 2.24) is 19.5 Å². The maximum atomic E-state index is 11.5. The zero-order chi connectivity index (χ0) is 12.3. The van der Waals surface area contributed by atoms with E-state index in [0.717, 1.165) is 0 Å². The Hall–Kier alpha value is -2.44. The summed E-state index contributed by atoms with van der Waals surface area (Å²) in [6.07, 6.45) is 4.54. The predicted molar refractivity (Wildman–Crippen MR) is 59.5 cm³/mol. The third-order valence-electron chi connectivity index (χ3n) is 2.04. The van der Waals surface area contributed by atoms with Gasteiger partial charge in [0.2, 0.25) is 5.95 Å². The predicted octanol–water partition coefficient (Wildman–Crippen LogP) is 0.421. The molecule has 2 N–H and O–H groups in total. The van der Waals surface area contributed by atoms with Crippen molar-refractivity contribution in [1.29, 1.82) is 0 Å². The number of aromatic nitrogens is 4. The second kappa shape index (κ2) is 4.60. The highest BCUT2D eigenvalue weighted by atomic mass is 16.5. The van der Waals surface area contributed by atoms with Gasteiger partial charge >= 0.3 is 5.97 Å². The number of hydrogen-bond acceptors (Lipinski definition) is 6. The topological polar surface area (TPSA) is 95.9 Å². The normalized spacial score (nSPS) is 10.2. The van der Waals surface area contributed by atoms with Crippen molar-refractivity contribution >= 4 is 11.8 Å². The van der Waals surface area contributed by atoms with Gasteiger partial charge in [0.05, 0.1) is 6.61 Å². The molecule has 0 aromatic carbocycles. The van der Waals surface area contributed by atoms with Gasteiger partial charge in [-0.1, -0.05) is 0 Å². The van der Waals surface area contributed by atoms with E-state index in [4.69, 9.17) is 10.5 Å². The molecule has 7 heteroatoms. The van der Waals surface area contributed by atoms with Crippen molar-refractivity contribution in [3.8, 4) is 5.95 Å². The Bertz CT molecular complexity index is 523. The van der Waals surface area contributed by atoms with Crippen LogP contribution in [0.1, 0.15) is 17.4 Å². The van der Waals surface area contributed by atoms with Gasteiger partial charge in [0.25, 0.3) is 0 Å². The number of carbonyl (C=O) groups is 1. The molecule has 2 aromatic rings. The molecule has 0 atom stereocenters. The average Bonchev–Trinajstić information content (AvgIpc) is 2.72. The molecule has 88 valence electrons. The molecule has 0 unspecified atom stereocenters. The maximum absolute atomic E-state index is 11.5. The quantitative estimate of drug-likeness (QED) is 0.772. The van der Waals surface area contributed by atoms with Crippen LogP contribution in [0.25, 0.3) is 5.95 Å². The molecule has 17 heavy (non-hydrogen) atoms. The molecule has 0 saturated carbocycles. The third-order valence-corrected chi connectivity index (χ3v) is 2.04. The number of anilines is 1. The highest BCUT2D eigenvalue weighted by Gasteiger charge is 2.18. The van der Waals surface area contributed by atoms with Gasteiger partial charge in [-0.05, 0) is 13.0 Å². The lowest BCUT2D eigenvalue weighted by atomic mass is 10.4. The summed E-state index contributed by atoms with van der Waals surface area (Å²) in [5, 5.41) is 0. The lowest BCUT2D eigenvalue weighted by Crippen LogP contribution is -2.10. The van der Waals surface area contributed by atoms with E-state index in [9.17, 15) is 4.79 Å². The summed E-state index contributed by atoms with van der Waals surface area (Å²) in [4.78, 5) is 23.4. The number of ether oxygens (including phenoxy) is 1. The number of nitrogen functional groups attached to an aromatic ring is 1. The van der Waals surface area contributed by atoms with Crippen LogP contribution in [-0.2, 0) is 4.74 Å². The summed E-state index contributed by atoms with van der Waals surface area (Å²) < 4.78 is 6.25. The van der Waals surface area contributed by atoms with E-state index >= 15 is 0 Å².